The molecule has 0 atom stereocenters. The summed E-state index contributed by atoms with van der Waals surface area (Å²) in [7, 11) is 0. The van der Waals surface area contributed by atoms with Gasteiger partial charge in [-0.1, -0.05) is 30.3 Å². The highest BCUT2D eigenvalue weighted by Gasteiger charge is 2.18. The van der Waals surface area contributed by atoms with Crippen molar-refractivity contribution < 1.29 is 4.92 Å². The highest BCUT2D eigenvalue weighted by Crippen LogP contribution is 2.21. The number of nitrogens with one attached hydrogen (secondary N) is 1. The van der Waals surface area contributed by atoms with Crippen LogP contribution in [0, 0.1) is 10.1 Å². The van der Waals surface area contributed by atoms with Crippen molar-refractivity contribution in [3.8, 4) is 11.4 Å². The van der Waals surface area contributed by atoms with E-state index in [-0.39, 0.29) is 10.6 Å². The molecule has 3 aromatic rings. The Morgan fingerprint density at radius 2 is 1.70 bits per heavy atom. The van der Waals surface area contributed by atoms with Crippen LogP contribution in [0.25, 0.3) is 11.4 Å². The van der Waals surface area contributed by atoms with Gasteiger partial charge in [0.25, 0.3) is 5.69 Å². The molecule has 0 radical (unpaired) electrons. The van der Waals surface area contributed by atoms with Gasteiger partial charge in [0, 0.05) is 68.0 Å². The number of H-pyrrole nitrogens is 1. The topological polar surface area (TPSA) is 78.3 Å². The highest BCUT2D eigenvalue weighted by atomic mass is 16.6. The van der Waals surface area contributed by atoms with Gasteiger partial charge in [0.15, 0.2) is 0 Å². The standard InChI is InChI=1S/C20H21N5O2/c26-25(27)19-8-6-18(7-9-19)24-12-10-23(11-13-24)15-17-14-21-20(22-17)16-4-2-1-3-5-16/h1-9,14H,10-13,15H2,(H,21,22). The van der Waals surface area contributed by atoms with Crippen LogP contribution in [0.3, 0.4) is 0 Å². The number of rotatable bonds is 5. The van der Waals surface area contributed by atoms with E-state index in [9.17, 15) is 10.1 Å². The van der Waals surface area contributed by atoms with Gasteiger partial charge < -0.3 is 9.88 Å². The first-order valence-electron chi connectivity index (χ1n) is 9.00. The second kappa shape index (κ2) is 7.59. The van der Waals surface area contributed by atoms with Crippen molar-refractivity contribution in [1.82, 2.24) is 14.9 Å². The number of imidazole rings is 1. The molecule has 0 spiro atoms. The lowest BCUT2D eigenvalue weighted by Gasteiger charge is -2.35. The molecule has 0 saturated carbocycles. The van der Waals surface area contributed by atoms with E-state index in [0.29, 0.717) is 0 Å². The zero-order valence-corrected chi connectivity index (χ0v) is 14.9. The molecular formula is C20H21N5O2. The van der Waals surface area contributed by atoms with Gasteiger partial charge in [-0.2, -0.15) is 0 Å². The third-order valence-corrected chi connectivity index (χ3v) is 4.87. The van der Waals surface area contributed by atoms with Crippen molar-refractivity contribution in [1.29, 1.82) is 0 Å². The van der Waals surface area contributed by atoms with Crippen LogP contribution in [0.1, 0.15) is 5.69 Å². The Morgan fingerprint density at radius 3 is 2.37 bits per heavy atom. The Labute approximate surface area is 157 Å². The van der Waals surface area contributed by atoms with Gasteiger partial charge in [0.05, 0.1) is 4.92 Å². The largest absolute Gasteiger partial charge is 0.369 e. The van der Waals surface area contributed by atoms with Crippen LogP contribution < -0.4 is 4.90 Å². The van der Waals surface area contributed by atoms with Crippen molar-refractivity contribution in [2.45, 2.75) is 6.54 Å². The van der Waals surface area contributed by atoms with Crippen molar-refractivity contribution in [2.75, 3.05) is 31.1 Å². The number of nitrogens with zero attached hydrogens (tertiary/aromatic N) is 4. The normalized spacial score (nSPS) is 15.0. The van der Waals surface area contributed by atoms with E-state index < -0.39 is 0 Å². The fourth-order valence-corrected chi connectivity index (χ4v) is 3.37. The van der Waals surface area contributed by atoms with Crippen LogP contribution in [-0.4, -0.2) is 46.0 Å². The number of nitro groups is 1. The Bertz CT molecular complexity index is 900. The summed E-state index contributed by atoms with van der Waals surface area (Å²) in [5.41, 5.74) is 3.36. The summed E-state index contributed by atoms with van der Waals surface area (Å²) < 4.78 is 0. The summed E-state index contributed by atoms with van der Waals surface area (Å²) in [5.74, 6) is 0.898. The van der Waals surface area contributed by atoms with E-state index in [1.807, 2.05) is 48.7 Å². The molecule has 7 nitrogen and oxygen atoms in total. The van der Waals surface area contributed by atoms with Gasteiger partial charge in [-0.25, -0.2) is 4.98 Å². The summed E-state index contributed by atoms with van der Waals surface area (Å²) in [4.78, 5) is 23.0. The summed E-state index contributed by atoms with van der Waals surface area (Å²) in [6.45, 7) is 4.52. The number of nitro benzene ring substituents is 1. The lowest BCUT2D eigenvalue weighted by molar-refractivity contribution is -0.384. The molecule has 4 rings (SSSR count). The number of hydrogen-bond donors (Lipinski definition) is 1. The molecule has 7 heteroatoms. The minimum atomic E-state index is -0.365. The summed E-state index contributed by atoms with van der Waals surface area (Å²) in [6, 6.07) is 16.9. The van der Waals surface area contributed by atoms with Crippen LogP contribution in [0.5, 0.6) is 0 Å². The fourth-order valence-electron chi connectivity index (χ4n) is 3.37. The third kappa shape index (κ3) is 3.98. The number of aromatic amines is 1. The Hall–Kier alpha value is -3.19. The molecule has 1 aromatic heterocycles. The average molecular weight is 363 g/mol. The molecule has 1 saturated heterocycles. The molecule has 2 aromatic carbocycles. The molecule has 0 aliphatic carbocycles. The van der Waals surface area contributed by atoms with Gasteiger partial charge in [0.2, 0.25) is 0 Å². The maximum atomic E-state index is 10.8. The van der Waals surface area contributed by atoms with Gasteiger partial charge >= 0.3 is 0 Å². The summed E-state index contributed by atoms with van der Waals surface area (Å²) >= 11 is 0. The summed E-state index contributed by atoms with van der Waals surface area (Å²) in [6.07, 6.45) is 1.91. The lowest BCUT2D eigenvalue weighted by atomic mass is 10.2. The molecule has 1 aliphatic heterocycles. The average Bonchev–Trinajstić information content (AvgIpc) is 3.18. The van der Waals surface area contributed by atoms with E-state index in [0.717, 1.165) is 55.5 Å². The van der Waals surface area contributed by atoms with Gasteiger partial charge in [-0.05, 0) is 12.1 Å². The van der Waals surface area contributed by atoms with Crippen LogP contribution in [0.15, 0.2) is 60.8 Å². The number of non-ortho nitro benzene ring substituents is 1. The van der Waals surface area contributed by atoms with E-state index in [2.05, 4.69) is 19.8 Å². The molecule has 2 heterocycles. The first-order chi connectivity index (χ1) is 13.2. The Balaban J connectivity index is 1.33. The zero-order chi connectivity index (χ0) is 18.6. The number of piperazine rings is 1. The monoisotopic (exact) mass is 363 g/mol. The second-order valence-electron chi connectivity index (χ2n) is 6.66. The molecule has 27 heavy (non-hydrogen) atoms. The van der Waals surface area contributed by atoms with Crippen molar-refractivity contribution in [3.05, 3.63) is 76.6 Å². The number of benzene rings is 2. The predicted octanol–water partition coefficient (Wildman–Crippen LogP) is 3.31. The molecular weight excluding hydrogens is 342 g/mol. The molecule has 0 amide bonds. The fraction of sp³-hybridized carbons (Fsp3) is 0.250. The van der Waals surface area contributed by atoms with Gasteiger partial charge in [0.1, 0.15) is 5.82 Å². The van der Waals surface area contributed by atoms with Gasteiger partial charge in [-0.3, -0.25) is 15.0 Å². The molecule has 1 fully saturated rings. The van der Waals surface area contributed by atoms with Crippen LogP contribution >= 0.6 is 0 Å². The summed E-state index contributed by atoms with van der Waals surface area (Å²) in [5, 5.41) is 10.8. The van der Waals surface area contributed by atoms with E-state index in [4.69, 9.17) is 0 Å². The van der Waals surface area contributed by atoms with Crippen molar-refractivity contribution >= 4 is 11.4 Å². The quantitative estimate of drug-likeness (QED) is 0.556. The number of aromatic nitrogens is 2. The first-order valence-corrected chi connectivity index (χ1v) is 9.00. The van der Waals surface area contributed by atoms with Gasteiger partial charge in [-0.15, -0.1) is 0 Å². The van der Waals surface area contributed by atoms with Crippen LogP contribution in [0.4, 0.5) is 11.4 Å². The lowest BCUT2D eigenvalue weighted by Crippen LogP contribution is -2.46. The minimum absolute atomic E-state index is 0.130. The maximum absolute atomic E-state index is 10.8. The Morgan fingerprint density at radius 1 is 1.00 bits per heavy atom. The van der Waals surface area contributed by atoms with Crippen molar-refractivity contribution in [3.63, 3.8) is 0 Å². The molecule has 1 N–H and O–H groups in total. The molecule has 0 unspecified atom stereocenters. The predicted molar refractivity (Wildman–Crippen MR) is 105 cm³/mol. The SMILES string of the molecule is O=[N+]([O-])c1ccc(N2CCN(Cc3cnc(-c4ccccc4)[nH]3)CC2)cc1. The van der Waals surface area contributed by atoms with Crippen molar-refractivity contribution in [2.24, 2.45) is 0 Å². The van der Waals surface area contributed by atoms with E-state index in [1.54, 1.807) is 12.1 Å². The maximum Gasteiger partial charge on any atom is 0.269 e. The molecule has 1 aliphatic rings. The second-order valence-corrected chi connectivity index (χ2v) is 6.66. The third-order valence-electron chi connectivity index (χ3n) is 4.87. The minimum Gasteiger partial charge on any atom is -0.369 e. The molecule has 0 bridgehead atoms. The zero-order valence-electron chi connectivity index (χ0n) is 14.9. The Kier molecular flexibility index (Phi) is 4.84. The number of anilines is 1. The van der Waals surface area contributed by atoms with Crippen LogP contribution in [-0.2, 0) is 6.54 Å². The number of hydrogen-bond acceptors (Lipinski definition) is 5. The van der Waals surface area contributed by atoms with E-state index >= 15 is 0 Å². The molecule has 138 valence electrons. The smallest absolute Gasteiger partial charge is 0.269 e. The van der Waals surface area contributed by atoms with Crippen LogP contribution in [0.2, 0.25) is 0 Å². The highest BCUT2D eigenvalue weighted by molar-refractivity contribution is 5.54. The van der Waals surface area contributed by atoms with E-state index in [1.165, 1.54) is 0 Å². The first kappa shape index (κ1) is 17.2.